The van der Waals surface area contributed by atoms with Crippen LogP contribution in [0.2, 0.25) is 5.02 Å². The number of methoxy groups -OCH3 is 2. The van der Waals surface area contributed by atoms with Gasteiger partial charge in [-0.15, -0.1) is 0 Å². The molecular formula is C18H15ClO6S. The van der Waals surface area contributed by atoms with Crippen molar-refractivity contribution < 1.29 is 22.3 Å². The van der Waals surface area contributed by atoms with E-state index in [0.29, 0.717) is 21.7 Å². The van der Waals surface area contributed by atoms with Crippen LogP contribution in [0.3, 0.4) is 0 Å². The van der Waals surface area contributed by atoms with E-state index < -0.39 is 15.5 Å². The van der Waals surface area contributed by atoms with Crippen molar-refractivity contribution in [3.8, 4) is 11.5 Å². The normalized spacial score (nSPS) is 11.5. The van der Waals surface area contributed by atoms with E-state index in [0.717, 1.165) is 0 Å². The maximum atomic E-state index is 12.7. The number of benzene rings is 2. The monoisotopic (exact) mass is 394 g/mol. The lowest BCUT2D eigenvalue weighted by Gasteiger charge is -2.12. The number of ether oxygens (including phenoxy) is 2. The second-order valence-electron chi connectivity index (χ2n) is 5.48. The summed E-state index contributed by atoms with van der Waals surface area (Å²) >= 11 is 5.81. The Hall–Kier alpha value is -2.51. The van der Waals surface area contributed by atoms with E-state index in [-0.39, 0.29) is 22.0 Å². The molecule has 0 radical (unpaired) electrons. The van der Waals surface area contributed by atoms with Crippen LogP contribution in [-0.2, 0) is 15.6 Å². The quantitative estimate of drug-likeness (QED) is 0.616. The number of sulfone groups is 1. The third kappa shape index (κ3) is 3.40. The lowest BCUT2D eigenvalue weighted by atomic mass is 10.1. The van der Waals surface area contributed by atoms with Gasteiger partial charge in [0.15, 0.2) is 21.2 Å². The van der Waals surface area contributed by atoms with E-state index >= 15 is 0 Å². The summed E-state index contributed by atoms with van der Waals surface area (Å²) in [5.41, 5.74) is -0.224. The largest absolute Gasteiger partial charge is 0.493 e. The molecule has 0 aliphatic heterocycles. The molecule has 0 atom stereocenters. The SMILES string of the molecule is COc1ccc2c(CS(=O)(=O)c3ccc(Cl)cc3)cc(=O)oc2c1OC. The van der Waals surface area contributed by atoms with Gasteiger partial charge in [-0.25, -0.2) is 13.2 Å². The lowest BCUT2D eigenvalue weighted by Crippen LogP contribution is -2.09. The molecule has 3 aromatic rings. The maximum Gasteiger partial charge on any atom is 0.336 e. The van der Waals surface area contributed by atoms with Gasteiger partial charge in [0.2, 0.25) is 5.75 Å². The van der Waals surface area contributed by atoms with Gasteiger partial charge < -0.3 is 13.9 Å². The molecule has 136 valence electrons. The molecular weight excluding hydrogens is 380 g/mol. The minimum Gasteiger partial charge on any atom is -0.493 e. The molecule has 2 aromatic carbocycles. The molecule has 0 saturated carbocycles. The van der Waals surface area contributed by atoms with Gasteiger partial charge in [0.05, 0.1) is 24.9 Å². The first kappa shape index (κ1) is 18.3. The highest BCUT2D eigenvalue weighted by molar-refractivity contribution is 7.90. The van der Waals surface area contributed by atoms with Crippen molar-refractivity contribution in [3.63, 3.8) is 0 Å². The molecule has 0 unspecified atom stereocenters. The van der Waals surface area contributed by atoms with Crippen LogP contribution >= 0.6 is 11.6 Å². The van der Waals surface area contributed by atoms with Gasteiger partial charge in [-0.2, -0.15) is 0 Å². The van der Waals surface area contributed by atoms with Crippen LogP contribution in [0.1, 0.15) is 5.56 Å². The Bertz CT molecular complexity index is 1120. The van der Waals surface area contributed by atoms with Crippen molar-refractivity contribution >= 4 is 32.4 Å². The van der Waals surface area contributed by atoms with Crippen molar-refractivity contribution in [3.05, 3.63) is 63.5 Å². The minimum atomic E-state index is -3.68. The first-order chi connectivity index (χ1) is 12.4. The maximum absolute atomic E-state index is 12.7. The summed E-state index contributed by atoms with van der Waals surface area (Å²) in [6.07, 6.45) is 0. The van der Waals surface area contributed by atoms with Crippen LogP contribution in [0, 0.1) is 0 Å². The molecule has 1 aromatic heterocycles. The third-order valence-electron chi connectivity index (χ3n) is 3.86. The molecule has 6 nitrogen and oxygen atoms in total. The molecule has 26 heavy (non-hydrogen) atoms. The van der Waals surface area contributed by atoms with Gasteiger partial charge in [0.25, 0.3) is 0 Å². The Morgan fingerprint density at radius 2 is 1.73 bits per heavy atom. The molecule has 0 N–H and O–H groups in total. The number of rotatable bonds is 5. The van der Waals surface area contributed by atoms with Crippen molar-refractivity contribution in [2.45, 2.75) is 10.6 Å². The predicted octanol–water partition coefficient (Wildman–Crippen LogP) is 3.44. The topological polar surface area (TPSA) is 82.8 Å². The summed E-state index contributed by atoms with van der Waals surface area (Å²) in [7, 11) is -0.819. The van der Waals surface area contributed by atoms with E-state index in [4.69, 9.17) is 25.5 Å². The Morgan fingerprint density at radius 1 is 1.04 bits per heavy atom. The average Bonchev–Trinajstić information content (AvgIpc) is 2.60. The standard InChI is InChI=1S/C18H15ClO6S/c1-23-15-8-7-14-11(9-16(20)25-17(14)18(15)24-2)10-26(21,22)13-5-3-12(19)4-6-13/h3-9H,10H2,1-2H3. The molecule has 0 saturated heterocycles. The van der Waals surface area contributed by atoms with Crippen LogP contribution in [0.25, 0.3) is 11.0 Å². The second kappa shape index (κ2) is 7.01. The molecule has 1 heterocycles. The van der Waals surface area contributed by atoms with Gasteiger partial charge >= 0.3 is 5.63 Å². The summed E-state index contributed by atoms with van der Waals surface area (Å²) < 4.78 is 41.1. The van der Waals surface area contributed by atoms with Crippen LogP contribution in [0.15, 0.2) is 56.6 Å². The molecule has 0 bridgehead atoms. The van der Waals surface area contributed by atoms with Crippen molar-refractivity contribution in [1.29, 1.82) is 0 Å². The Kier molecular flexibility index (Phi) is 4.93. The van der Waals surface area contributed by atoms with Crippen LogP contribution in [0.4, 0.5) is 0 Å². The average molecular weight is 395 g/mol. The zero-order valence-electron chi connectivity index (χ0n) is 14.0. The van der Waals surface area contributed by atoms with E-state index in [1.165, 1.54) is 44.6 Å². The number of hydrogen-bond acceptors (Lipinski definition) is 6. The number of fused-ring (bicyclic) bond motifs is 1. The molecule has 0 spiro atoms. The van der Waals surface area contributed by atoms with E-state index in [2.05, 4.69) is 0 Å². The zero-order chi connectivity index (χ0) is 18.9. The lowest BCUT2D eigenvalue weighted by molar-refractivity contribution is 0.352. The first-order valence-electron chi connectivity index (χ1n) is 7.52. The summed E-state index contributed by atoms with van der Waals surface area (Å²) in [6, 6.07) is 10.3. The van der Waals surface area contributed by atoms with Gasteiger partial charge in [0, 0.05) is 16.5 Å². The van der Waals surface area contributed by atoms with Crippen LogP contribution in [0.5, 0.6) is 11.5 Å². The molecule has 8 heteroatoms. The fourth-order valence-corrected chi connectivity index (χ4v) is 4.14. The Morgan fingerprint density at radius 3 is 2.35 bits per heavy atom. The minimum absolute atomic E-state index is 0.115. The van der Waals surface area contributed by atoms with Gasteiger partial charge in [0.1, 0.15) is 0 Å². The Labute approximate surface area is 154 Å². The third-order valence-corrected chi connectivity index (χ3v) is 5.79. The smallest absolute Gasteiger partial charge is 0.336 e. The van der Waals surface area contributed by atoms with E-state index in [1.807, 2.05) is 0 Å². The van der Waals surface area contributed by atoms with E-state index in [1.54, 1.807) is 12.1 Å². The van der Waals surface area contributed by atoms with Gasteiger partial charge in [-0.1, -0.05) is 11.6 Å². The highest BCUT2D eigenvalue weighted by atomic mass is 35.5. The molecule has 0 amide bonds. The zero-order valence-corrected chi connectivity index (χ0v) is 15.6. The molecule has 0 fully saturated rings. The van der Waals surface area contributed by atoms with Crippen molar-refractivity contribution in [2.75, 3.05) is 14.2 Å². The summed E-state index contributed by atoms with van der Waals surface area (Å²) in [6.45, 7) is 0. The summed E-state index contributed by atoms with van der Waals surface area (Å²) in [5, 5.41) is 0.895. The van der Waals surface area contributed by atoms with Crippen LogP contribution in [-0.4, -0.2) is 22.6 Å². The molecule has 0 aliphatic carbocycles. The number of hydrogen-bond donors (Lipinski definition) is 0. The first-order valence-corrected chi connectivity index (χ1v) is 9.55. The van der Waals surface area contributed by atoms with Crippen molar-refractivity contribution in [1.82, 2.24) is 0 Å². The number of halogens is 1. The highest BCUT2D eigenvalue weighted by Crippen LogP contribution is 2.36. The molecule has 0 aliphatic rings. The predicted molar refractivity (Wildman–Crippen MR) is 97.9 cm³/mol. The second-order valence-corrected chi connectivity index (χ2v) is 7.91. The Balaban J connectivity index is 2.16. The van der Waals surface area contributed by atoms with Crippen molar-refractivity contribution in [2.24, 2.45) is 0 Å². The fraction of sp³-hybridized carbons (Fsp3) is 0.167. The van der Waals surface area contributed by atoms with Gasteiger partial charge in [-0.05, 0) is 42.0 Å². The summed E-state index contributed by atoms with van der Waals surface area (Å²) in [5.74, 6) is 0.236. The molecule has 3 rings (SSSR count). The fourth-order valence-electron chi connectivity index (χ4n) is 2.65. The van der Waals surface area contributed by atoms with Crippen LogP contribution < -0.4 is 15.1 Å². The van der Waals surface area contributed by atoms with E-state index in [9.17, 15) is 13.2 Å². The van der Waals surface area contributed by atoms with Gasteiger partial charge in [-0.3, -0.25) is 0 Å². The highest BCUT2D eigenvalue weighted by Gasteiger charge is 2.21. The summed E-state index contributed by atoms with van der Waals surface area (Å²) in [4.78, 5) is 12.1.